The molecule has 0 radical (unpaired) electrons. The molecule has 0 saturated carbocycles. The van der Waals surface area contributed by atoms with Crippen LogP contribution >= 0.6 is 0 Å². The Morgan fingerprint density at radius 2 is 1.95 bits per heavy atom. The van der Waals surface area contributed by atoms with Crippen LogP contribution in [0, 0.1) is 10.1 Å². The number of rotatable bonds is 5. The molecule has 0 bridgehead atoms. The molecule has 0 atom stereocenters. The molecule has 0 aliphatic carbocycles. The molecule has 0 aliphatic rings. The second-order valence-electron chi connectivity index (χ2n) is 4.12. The summed E-state index contributed by atoms with van der Waals surface area (Å²) in [6.07, 6.45) is 1.50. The highest BCUT2D eigenvalue weighted by Crippen LogP contribution is 2.13. The molecule has 9 heteroatoms. The number of hydrogen-bond acceptors (Lipinski definition) is 5. The van der Waals surface area contributed by atoms with Crippen LogP contribution in [0.25, 0.3) is 0 Å². The van der Waals surface area contributed by atoms with Crippen molar-refractivity contribution in [1.29, 1.82) is 0 Å². The number of nitro benzene ring substituents is 1. The van der Waals surface area contributed by atoms with Gasteiger partial charge in [0.2, 0.25) is 5.91 Å². The summed E-state index contributed by atoms with van der Waals surface area (Å²) in [6, 6.07) is 6.66. The number of primary amides is 1. The highest BCUT2D eigenvalue weighted by molar-refractivity contribution is 6.03. The highest BCUT2D eigenvalue weighted by Gasteiger charge is 2.11. The van der Waals surface area contributed by atoms with Crippen LogP contribution in [0.15, 0.2) is 36.5 Å². The average Bonchev–Trinajstić information content (AvgIpc) is 2.85. The molecule has 2 amide bonds. The molecule has 2 aromatic rings. The Morgan fingerprint density at radius 3 is 2.52 bits per heavy atom. The van der Waals surface area contributed by atoms with Gasteiger partial charge in [-0.1, -0.05) is 0 Å². The molecule has 21 heavy (non-hydrogen) atoms. The van der Waals surface area contributed by atoms with Gasteiger partial charge in [-0.2, -0.15) is 5.10 Å². The van der Waals surface area contributed by atoms with E-state index in [9.17, 15) is 19.7 Å². The molecule has 1 aromatic heterocycles. The first kappa shape index (κ1) is 14.2. The van der Waals surface area contributed by atoms with E-state index in [0.29, 0.717) is 0 Å². The lowest BCUT2D eigenvalue weighted by Crippen LogP contribution is -2.19. The van der Waals surface area contributed by atoms with Crippen molar-refractivity contribution < 1.29 is 14.5 Å². The van der Waals surface area contributed by atoms with Crippen molar-refractivity contribution in [3.05, 3.63) is 52.2 Å². The maximum absolute atomic E-state index is 11.9. The predicted molar refractivity (Wildman–Crippen MR) is 72.5 cm³/mol. The second kappa shape index (κ2) is 5.82. The first-order valence-electron chi connectivity index (χ1n) is 5.83. The fraction of sp³-hybridized carbons (Fsp3) is 0.0833. The number of anilines is 1. The summed E-state index contributed by atoms with van der Waals surface area (Å²) in [4.78, 5) is 32.6. The van der Waals surface area contributed by atoms with Crippen LogP contribution in [0.5, 0.6) is 0 Å². The van der Waals surface area contributed by atoms with E-state index in [1.807, 2.05) is 0 Å². The fourth-order valence-electron chi connectivity index (χ4n) is 1.60. The second-order valence-corrected chi connectivity index (χ2v) is 4.12. The Labute approximate surface area is 118 Å². The van der Waals surface area contributed by atoms with Crippen molar-refractivity contribution in [3.63, 3.8) is 0 Å². The molecule has 0 unspecified atom stereocenters. The van der Waals surface area contributed by atoms with E-state index in [1.165, 1.54) is 41.2 Å². The van der Waals surface area contributed by atoms with Gasteiger partial charge in [-0.05, 0) is 12.1 Å². The molecule has 0 saturated heterocycles. The maximum Gasteiger partial charge on any atom is 0.269 e. The summed E-state index contributed by atoms with van der Waals surface area (Å²) >= 11 is 0. The van der Waals surface area contributed by atoms with Crippen LogP contribution in [-0.2, 0) is 11.3 Å². The largest absolute Gasteiger partial charge is 0.368 e. The molecular formula is C12H11N5O4. The van der Waals surface area contributed by atoms with Crippen LogP contribution in [0.3, 0.4) is 0 Å². The Balaban J connectivity index is 2.05. The third-order valence-electron chi connectivity index (χ3n) is 2.54. The zero-order valence-electron chi connectivity index (χ0n) is 10.7. The average molecular weight is 289 g/mol. The van der Waals surface area contributed by atoms with E-state index in [4.69, 9.17) is 5.73 Å². The molecule has 108 valence electrons. The molecule has 2 rings (SSSR count). The Hall–Kier alpha value is -3.23. The third-order valence-corrected chi connectivity index (χ3v) is 2.54. The summed E-state index contributed by atoms with van der Waals surface area (Å²) in [7, 11) is 0. The number of non-ortho nitro benzene ring substituents is 1. The van der Waals surface area contributed by atoms with Crippen LogP contribution in [0.1, 0.15) is 10.4 Å². The Morgan fingerprint density at radius 1 is 1.29 bits per heavy atom. The lowest BCUT2D eigenvalue weighted by molar-refractivity contribution is -0.384. The molecule has 9 nitrogen and oxygen atoms in total. The molecule has 0 aliphatic heterocycles. The minimum atomic E-state index is -0.550. The number of nitrogens with zero attached hydrogens (tertiary/aromatic N) is 3. The van der Waals surface area contributed by atoms with Crippen molar-refractivity contribution >= 4 is 23.3 Å². The van der Waals surface area contributed by atoms with Gasteiger partial charge >= 0.3 is 0 Å². The molecular weight excluding hydrogens is 278 g/mol. The summed E-state index contributed by atoms with van der Waals surface area (Å²) < 4.78 is 1.29. The van der Waals surface area contributed by atoms with E-state index in [1.54, 1.807) is 0 Å². The number of aromatic nitrogens is 2. The predicted octanol–water partition coefficient (Wildman–Crippen LogP) is 0.529. The highest BCUT2D eigenvalue weighted by atomic mass is 16.6. The van der Waals surface area contributed by atoms with E-state index in [-0.39, 0.29) is 23.6 Å². The molecule has 0 spiro atoms. The van der Waals surface area contributed by atoms with Crippen molar-refractivity contribution in [1.82, 2.24) is 9.78 Å². The van der Waals surface area contributed by atoms with E-state index in [0.717, 1.165) is 0 Å². The molecule has 0 fully saturated rings. The van der Waals surface area contributed by atoms with Gasteiger partial charge in [0.15, 0.2) is 5.82 Å². The van der Waals surface area contributed by atoms with Gasteiger partial charge in [0.1, 0.15) is 6.54 Å². The third kappa shape index (κ3) is 3.62. The number of hydrogen-bond donors (Lipinski definition) is 2. The monoisotopic (exact) mass is 289 g/mol. The van der Waals surface area contributed by atoms with Crippen molar-refractivity contribution in [2.24, 2.45) is 5.73 Å². The number of amides is 2. The SMILES string of the molecule is NC(=O)Cn1ccc(NC(=O)c2ccc([N+](=O)[O-])cc2)n1. The van der Waals surface area contributed by atoms with Crippen molar-refractivity contribution in [3.8, 4) is 0 Å². The Bertz CT molecular complexity index is 692. The molecule has 1 heterocycles. The van der Waals surface area contributed by atoms with Gasteiger partial charge in [0.25, 0.3) is 11.6 Å². The standard InChI is InChI=1S/C12H11N5O4/c13-10(18)7-16-6-5-11(15-16)14-12(19)8-1-3-9(4-2-8)17(20)21/h1-6H,7H2,(H2,13,18)(H,14,15,19). The van der Waals surface area contributed by atoms with Gasteiger partial charge in [0, 0.05) is 30.0 Å². The minimum absolute atomic E-state index is 0.0899. The number of carbonyl (C=O) groups excluding carboxylic acids is 2. The zero-order valence-corrected chi connectivity index (χ0v) is 10.7. The number of nitrogens with two attached hydrogens (primary N) is 1. The van der Waals surface area contributed by atoms with Gasteiger partial charge in [0.05, 0.1) is 4.92 Å². The fourth-order valence-corrected chi connectivity index (χ4v) is 1.60. The number of nitro groups is 1. The van der Waals surface area contributed by atoms with E-state index >= 15 is 0 Å². The topological polar surface area (TPSA) is 133 Å². The quantitative estimate of drug-likeness (QED) is 0.611. The lowest BCUT2D eigenvalue weighted by Gasteiger charge is -2.02. The van der Waals surface area contributed by atoms with E-state index in [2.05, 4.69) is 10.4 Å². The number of benzene rings is 1. The number of nitrogens with one attached hydrogen (secondary N) is 1. The van der Waals surface area contributed by atoms with Crippen molar-refractivity contribution in [2.45, 2.75) is 6.54 Å². The van der Waals surface area contributed by atoms with E-state index < -0.39 is 16.7 Å². The summed E-state index contributed by atoms with van der Waals surface area (Å²) in [6.45, 7) is -0.0899. The van der Waals surface area contributed by atoms with Crippen LogP contribution in [0.4, 0.5) is 11.5 Å². The molecule has 3 N–H and O–H groups in total. The number of carbonyl (C=O) groups is 2. The van der Waals surface area contributed by atoms with Gasteiger partial charge in [-0.15, -0.1) is 0 Å². The van der Waals surface area contributed by atoms with Gasteiger partial charge < -0.3 is 11.1 Å². The van der Waals surface area contributed by atoms with Crippen molar-refractivity contribution in [2.75, 3.05) is 5.32 Å². The summed E-state index contributed by atoms with van der Waals surface area (Å²) in [5.74, 6) is -0.764. The van der Waals surface area contributed by atoms with Crippen LogP contribution in [0.2, 0.25) is 0 Å². The van der Waals surface area contributed by atoms with Gasteiger partial charge in [-0.3, -0.25) is 24.4 Å². The maximum atomic E-state index is 11.9. The lowest BCUT2D eigenvalue weighted by atomic mass is 10.2. The van der Waals surface area contributed by atoms with Gasteiger partial charge in [-0.25, -0.2) is 0 Å². The first-order valence-corrected chi connectivity index (χ1v) is 5.83. The minimum Gasteiger partial charge on any atom is -0.368 e. The summed E-state index contributed by atoms with van der Waals surface area (Å²) in [5.41, 5.74) is 5.18. The molecule has 1 aromatic carbocycles. The Kier molecular flexibility index (Phi) is 3.93. The first-order chi connectivity index (χ1) is 9.95. The van der Waals surface area contributed by atoms with Crippen LogP contribution < -0.4 is 11.1 Å². The smallest absolute Gasteiger partial charge is 0.269 e. The normalized spacial score (nSPS) is 10.1. The summed E-state index contributed by atoms with van der Waals surface area (Å²) in [5, 5.41) is 17.0. The van der Waals surface area contributed by atoms with Crippen LogP contribution in [-0.4, -0.2) is 26.5 Å². The zero-order chi connectivity index (χ0) is 15.4.